The van der Waals surface area contributed by atoms with Crippen LogP contribution in [0.2, 0.25) is 0 Å². The maximum absolute atomic E-state index is 14.6. The van der Waals surface area contributed by atoms with Crippen LogP contribution < -0.4 is 5.32 Å². The highest BCUT2D eigenvalue weighted by atomic mass is 31.2. The number of rotatable bonds is 24. The SMILES string of the molecule is O=C(NCP(=O)(OCc1ccccc1)OCc1ccccc1)[C@@H](OCc1ccccc1)[C@H](OCc1ccccc1)[C@@H](COCc1ccccc1)OCc1ccccc1. The smallest absolute Gasteiger partial charge is 0.350 e. The summed E-state index contributed by atoms with van der Waals surface area (Å²) in [5, 5.41) is 2.87. The van der Waals surface area contributed by atoms with Crippen LogP contribution in [0.3, 0.4) is 0 Å². The molecule has 9 nitrogen and oxygen atoms in total. The zero-order valence-electron chi connectivity index (χ0n) is 32.4. The van der Waals surface area contributed by atoms with Gasteiger partial charge in [0.05, 0.1) is 46.2 Å². The molecule has 0 bridgehead atoms. The summed E-state index contributed by atoms with van der Waals surface area (Å²) >= 11 is 0. The first-order valence-electron chi connectivity index (χ1n) is 19.3. The minimum absolute atomic E-state index is 0.0215. The highest BCUT2D eigenvalue weighted by Gasteiger charge is 2.39. The third-order valence-corrected chi connectivity index (χ3v) is 10.8. The Bertz CT molecular complexity index is 2030. The Labute approximate surface area is 341 Å². The van der Waals surface area contributed by atoms with Crippen molar-refractivity contribution in [3.05, 3.63) is 215 Å². The molecule has 0 heterocycles. The first kappa shape index (κ1) is 42.4. The van der Waals surface area contributed by atoms with Crippen molar-refractivity contribution in [1.29, 1.82) is 0 Å². The van der Waals surface area contributed by atoms with Gasteiger partial charge in [0.25, 0.3) is 5.91 Å². The van der Waals surface area contributed by atoms with Crippen molar-refractivity contribution in [3.63, 3.8) is 0 Å². The molecule has 6 aromatic carbocycles. The van der Waals surface area contributed by atoms with Crippen molar-refractivity contribution in [2.45, 2.75) is 58.0 Å². The summed E-state index contributed by atoms with van der Waals surface area (Å²) in [7, 11) is -3.93. The summed E-state index contributed by atoms with van der Waals surface area (Å²) in [6, 6.07) is 57.7. The molecule has 0 aromatic heterocycles. The third-order valence-electron chi connectivity index (χ3n) is 9.17. The standard InChI is InChI=1S/C48H50NO8P/c50-48(49-38-58(51,56-35-43-27-15-5-16-28-43)57-36-44-29-17-6-18-30-44)47(55-34-42-25-13-4-14-26-42)46(54-33-41-23-11-3-12-24-41)45(53-32-40-21-9-2-10-22-40)37-52-31-39-19-7-1-8-20-39/h1-30,45-47H,31-38H2,(H,49,50)/t45-,46-,47+/m1/s1. The van der Waals surface area contributed by atoms with E-state index in [1.54, 1.807) is 0 Å². The van der Waals surface area contributed by atoms with Crippen molar-refractivity contribution in [3.8, 4) is 0 Å². The quantitative estimate of drug-likeness (QED) is 0.0605. The Morgan fingerprint density at radius 3 is 1.21 bits per heavy atom. The lowest BCUT2D eigenvalue weighted by Gasteiger charge is -2.33. The van der Waals surface area contributed by atoms with Gasteiger partial charge in [0, 0.05) is 0 Å². The number of nitrogens with one attached hydrogen (secondary N) is 1. The monoisotopic (exact) mass is 799 g/mol. The van der Waals surface area contributed by atoms with Gasteiger partial charge in [0.2, 0.25) is 0 Å². The van der Waals surface area contributed by atoms with Crippen LogP contribution in [0.25, 0.3) is 0 Å². The molecule has 58 heavy (non-hydrogen) atoms. The molecular weight excluding hydrogens is 750 g/mol. The number of hydrogen-bond donors (Lipinski definition) is 1. The summed E-state index contributed by atoms with van der Waals surface area (Å²) in [5.74, 6) is -0.572. The average molecular weight is 800 g/mol. The van der Waals surface area contributed by atoms with Gasteiger partial charge in [-0.25, -0.2) is 0 Å². The van der Waals surface area contributed by atoms with Gasteiger partial charge >= 0.3 is 7.60 Å². The number of carbonyl (C=O) groups excluding carboxylic acids is 1. The van der Waals surface area contributed by atoms with E-state index in [0.717, 1.165) is 33.4 Å². The maximum Gasteiger partial charge on any atom is 0.350 e. The number of amides is 1. The minimum atomic E-state index is -3.93. The topological polar surface area (TPSA) is 102 Å². The normalized spacial score (nSPS) is 13.0. The van der Waals surface area contributed by atoms with E-state index in [1.807, 2.05) is 182 Å². The van der Waals surface area contributed by atoms with Gasteiger partial charge in [-0.3, -0.25) is 9.36 Å². The Morgan fingerprint density at radius 2 is 0.793 bits per heavy atom. The van der Waals surface area contributed by atoms with Crippen LogP contribution in [0.1, 0.15) is 33.4 Å². The number of hydrogen-bond acceptors (Lipinski definition) is 8. The Morgan fingerprint density at radius 1 is 0.448 bits per heavy atom. The zero-order chi connectivity index (χ0) is 40.1. The summed E-state index contributed by atoms with van der Waals surface area (Å²) in [4.78, 5) is 14.6. The highest BCUT2D eigenvalue weighted by Crippen LogP contribution is 2.48. The lowest BCUT2D eigenvalue weighted by Crippen LogP contribution is -2.52. The highest BCUT2D eigenvalue weighted by molar-refractivity contribution is 7.53. The third kappa shape index (κ3) is 14.3. The first-order valence-corrected chi connectivity index (χ1v) is 21.1. The van der Waals surface area contributed by atoms with Crippen LogP contribution in [-0.4, -0.2) is 37.1 Å². The zero-order valence-corrected chi connectivity index (χ0v) is 33.3. The lowest BCUT2D eigenvalue weighted by molar-refractivity contribution is -0.177. The molecule has 0 radical (unpaired) electrons. The molecule has 0 fully saturated rings. The van der Waals surface area contributed by atoms with Crippen LogP contribution in [0.15, 0.2) is 182 Å². The fourth-order valence-corrected chi connectivity index (χ4v) is 7.32. The second kappa shape index (κ2) is 23.3. The Kier molecular flexibility index (Phi) is 17.0. The van der Waals surface area contributed by atoms with Crippen molar-refractivity contribution in [2.24, 2.45) is 0 Å². The largest absolute Gasteiger partial charge is 0.374 e. The number of ether oxygens (including phenoxy) is 4. The molecule has 3 atom stereocenters. The minimum Gasteiger partial charge on any atom is -0.374 e. The summed E-state index contributed by atoms with van der Waals surface area (Å²) in [6.07, 6.45) is -3.43. The molecule has 0 aliphatic rings. The molecule has 0 aliphatic carbocycles. The Hall–Kier alpha value is -5.22. The second-order valence-corrected chi connectivity index (χ2v) is 15.7. The van der Waals surface area contributed by atoms with Crippen molar-refractivity contribution >= 4 is 13.5 Å². The average Bonchev–Trinajstić information content (AvgIpc) is 3.29. The molecule has 0 saturated carbocycles. The van der Waals surface area contributed by atoms with E-state index >= 15 is 0 Å². The molecule has 0 aliphatic heterocycles. The van der Waals surface area contributed by atoms with Gasteiger partial charge in [-0.05, 0) is 33.4 Å². The van der Waals surface area contributed by atoms with Gasteiger partial charge in [0.1, 0.15) is 18.5 Å². The van der Waals surface area contributed by atoms with E-state index in [9.17, 15) is 9.36 Å². The van der Waals surface area contributed by atoms with Crippen LogP contribution in [0.4, 0.5) is 0 Å². The van der Waals surface area contributed by atoms with E-state index in [-0.39, 0.29) is 39.6 Å². The van der Waals surface area contributed by atoms with Crippen molar-refractivity contribution < 1.29 is 37.4 Å². The van der Waals surface area contributed by atoms with Crippen molar-refractivity contribution in [2.75, 3.05) is 12.9 Å². The van der Waals surface area contributed by atoms with Crippen LogP contribution in [0.5, 0.6) is 0 Å². The van der Waals surface area contributed by atoms with E-state index in [1.165, 1.54) is 0 Å². The summed E-state index contributed by atoms with van der Waals surface area (Å²) in [6.45, 7) is 0.924. The molecule has 1 amide bonds. The lowest BCUT2D eigenvalue weighted by atomic mass is 10.1. The van der Waals surface area contributed by atoms with Crippen LogP contribution >= 0.6 is 7.60 Å². The van der Waals surface area contributed by atoms with Gasteiger partial charge < -0.3 is 33.3 Å². The van der Waals surface area contributed by atoms with Crippen molar-refractivity contribution in [1.82, 2.24) is 5.32 Å². The predicted octanol–water partition coefficient (Wildman–Crippen LogP) is 9.66. The van der Waals surface area contributed by atoms with Crippen LogP contribution in [0, 0.1) is 0 Å². The molecule has 300 valence electrons. The molecule has 0 unspecified atom stereocenters. The van der Waals surface area contributed by atoms with Gasteiger partial charge in [-0.1, -0.05) is 182 Å². The molecule has 0 saturated heterocycles. The van der Waals surface area contributed by atoms with Crippen LogP contribution in [-0.2, 0) is 77.0 Å². The molecule has 0 spiro atoms. The molecule has 1 N–H and O–H groups in total. The van der Waals surface area contributed by atoms with Gasteiger partial charge in [-0.2, -0.15) is 0 Å². The maximum atomic E-state index is 14.6. The first-order chi connectivity index (χ1) is 28.5. The molecule has 10 heteroatoms. The molecule has 6 rings (SSSR count). The summed E-state index contributed by atoms with van der Waals surface area (Å²) < 4.78 is 52.5. The van der Waals surface area contributed by atoms with E-state index in [2.05, 4.69) is 5.32 Å². The Balaban J connectivity index is 1.28. The van der Waals surface area contributed by atoms with E-state index in [0.29, 0.717) is 6.61 Å². The number of benzene rings is 6. The van der Waals surface area contributed by atoms with E-state index in [4.69, 9.17) is 28.0 Å². The molecule has 6 aromatic rings. The van der Waals surface area contributed by atoms with Gasteiger partial charge in [0.15, 0.2) is 6.10 Å². The fraction of sp³-hybridized carbons (Fsp3) is 0.229. The second-order valence-electron chi connectivity index (χ2n) is 13.6. The predicted molar refractivity (Wildman–Crippen MR) is 224 cm³/mol. The van der Waals surface area contributed by atoms with E-state index < -0.39 is 38.1 Å². The molecular formula is C48H50NO8P. The van der Waals surface area contributed by atoms with Gasteiger partial charge in [-0.15, -0.1) is 0 Å². The number of carbonyl (C=O) groups is 1. The summed E-state index contributed by atoms with van der Waals surface area (Å²) in [5.41, 5.74) is 5.30. The fourth-order valence-electron chi connectivity index (χ4n) is 6.02.